The van der Waals surface area contributed by atoms with Gasteiger partial charge in [0, 0.05) is 30.3 Å². The molecule has 6 heteroatoms. The fourth-order valence-electron chi connectivity index (χ4n) is 1.91. The van der Waals surface area contributed by atoms with Crippen LogP contribution in [0.15, 0.2) is 18.2 Å². The highest BCUT2D eigenvalue weighted by Gasteiger charge is 2.27. The first-order valence-corrected chi connectivity index (χ1v) is 6.92. The molecule has 0 spiro atoms. The molecule has 1 atom stereocenters. The van der Waals surface area contributed by atoms with Gasteiger partial charge in [-0.1, -0.05) is 24.6 Å². The highest BCUT2D eigenvalue weighted by atomic mass is 35.5. The summed E-state index contributed by atoms with van der Waals surface area (Å²) >= 11 is 5.94. The van der Waals surface area contributed by atoms with Gasteiger partial charge in [-0.2, -0.15) is 13.2 Å². The SMILES string of the molecule is CCC(N)Cc1ccc(Cl)cc1N(C)CCC(F)(F)F. The molecule has 1 unspecified atom stereocenters. The molecule has 114 valence electrons. The second kappa shape index (κ2) is 7.18. The van der Waals surface area contributed by atoms with Crippen LogP contribution in [0, 0.1) is 0 Å². The van der Waals surface area contributed by atoms with E-state index in [2.05, 4.69) is 0 Å². The quantitative estimate of drug-likeness (QED) is 0.860. The Bertz CT molecular complexity index is 435. The van der Waals surface area contributed by atoms with Crippen LogP contribution in [0.25, 0.3) is 0 Å². The Morgan fingerprint density at radius 3 is 2.55 bits per heavy atom. The van der Waals surface area contributed by atoms with E-state index in [1.807, 2.05) is 13.0 Å². The third-order valence-corrected chi connectivity index (χ3v) is 3.43. The summed E-state index contributed by atoms with van der Waals surface area (Å²) in [5.74, 6) is 0. The molecular weight excluding hydrogens is 289 g/mol. The zero-order valence-corrected chi connectivity index (χ0v) is 12.4. The topological polar surface area (TPSA) is 29.3 Å². The fourth-order valence-corrected chi connectivity index (χ4v) is 2.07. The number of halogens is 4. The molecular formula is C14H20ClF3N2. The lowest BCUT2D eigenvalue weighted by Gasteiger charge is -2.24. The predicted octanol–water partition coefficient (Wildman–Crippen LogP) is 4.01. The molecule has 1 aromatic rings. The molecule has 0 amide bonds. The molecule has 0 saturated heterocycles. The van der Waals surface area contributed by atoms with Crippen LogP contribution in [0.5, 0.6) is 0 Å². The molecule has 2 nitrogen and oxygen atoms in total. The summed E-state index contributed by atoms with van der Waals surface area (Å²) in [6, 6.07) is 5.25. The van der Waals surface area contributed by atoms with Gasteiger partial charge in [-0.3, -0.25) is 0 Å². The number of nitrogens with two attached hydrogens (primary N) is 1. The van der Waals surface area contributed by atoms with Gasteiger partial charge in [0.25, 0.3) is 0 Å². The monoisotopic (exact) mass is 308 g/mol. The Balaban J connectivity index is 2.87. The van der Waals surface area contributed by atoms with Crippen molar-refractivity contribution in [2.75, 3.05) is 18.5 Å². The van der Waals surface area contributed by atoms with E-state index >= 15 is 0 Å². The van der Waals surface area contributed by atoms with Crippen LogP contribution in [0.1, 0.15) is 25.3 Å². The van der Waals surface area contributed by atoms with Crippen LogP contribution in [0.4, 0.5) is 18.9 Å². The third kappa shape index (κ3) is 5.59. The van der Waals surface area contributed by atoms with E-state index in [4.69, 9.17) is 17.3 Å². The summed E-state index contributed by atoms with van der Waals surface area (Å²) < 4.78 is 36.9. The molecule has 1 rings (SSSR count). The second-order valence-electron chi connectivity index (χ2n) is 4.93. The lowest BCUT2D eigenvalue weighted by molar-refractivity contribution is -0.132. The number of alkyl halides is 3. The van der Waals surface area contributed by atoms with Gasteiger partial charge in [-0.05, 0) is 30.5 Å². The van der Waals surface area contributed by atoms with Crippen molar-refractivity contribution in [2.45, 2.75) is 38.4 Å². The van der Waals surface area contributed by atoms with E-state index in [-0.39, 0.29) is 12.6 Å². The molecule has 0 bridgehead atoms. The smallest absolute Gasteiger partial charge is 0.374 e. The van der Waals surface area contributed by atoms with Crippen LogP contribution >= 0.6 is 11.6 Å². The molecule has 20 heavy (non-hydrogen) atoms. The van der Waals surface area contributed by atoms with Gasteiger partial charge < -0.3 is 10.6 Å². The fraction of sp³-hybridized carbons (Fsp3) is 0.571. The minimum Gasteiger partial charge on any atom is -0.374 e. The summed E-state index contributed by atoms with van der Waals surface area (Å²) in [5, 5.41) is 0.507. The highest BCUT2D eigenvalue weighted by molar-refractivity contribution is 6.30. The van der Waals surface area contributed by atoms with Crippen molar-refractivity contribution in [1.82, 2.24) is 0 Å². The maximum absolute atomic E-state index is 12.3. The molecule has 0 aliphatic rings. The van der Waals surface area contributed by atoms with Crippen LogP contribution in [0.3, 0.4) is 0 Å². The van der Waals surface area contributed by atoms with Gasteiger partial charge in [0.05, 0.1) is 6.42 Å². The Morgan fingerprint density at radius 1 is 1.35 bits per heavy atom. The van der Waals surface area contributed by atoms with E-state index in [9.17, 15) is 13.2 Å². The second-order valence-corrected chi connectivity index (χ2v) is 5.37. The Kier molecular flexibility index (Phi) is 6.14. The van der Waals surface area contributed by atoms with Crippen molar-refractivity contribution < 1.29 is 13.2 Å². The number of rotatable bonds is 6. The lowest BCUT2D eigenvalue weighted by Crippen LogP contribution is -2.27. The molecule has 0 fully saturated rings. The van der Waals surface area contributed by atoms with Crippen molar-refractivity contribution in [3.63, 3.8) is 0 Å². The van der Waals surface area contributed by atoms with Crippen LogP contribution in [-0.2, 0) is 6.42 Å². The summed E-state index contributed by atoms with van der Waals surface area (Å²) in [7, 11) is 1.64. The average Bonchev–Trinajstić information content (AvgIpc) is 2.37. The zero-order valence-electron chi connectivity index (χ0n) is 11.7. The van der Waals surface area contributed by atoms with Crippen molar-refractivity contribution in [1.29, 1.82) is 0 Å². The first kappa shape index (κ1) is 17.1. The number of hydrogen-bond acceptors (Lipinski definition) is 2. The van der Waals surface area contributed by atoms with Crippen molar-refractivity contribution >= 4 is 17.3 Å². The van der Waals surface area contributed by atoms with Gasteiger partial charge in [0.2, 0.25) is 0 Å². The van der Waals surface area contributed by atoms with Crippen LogP contribution in [-0.4, -0.2) is 25.8 Å². The number of hydrogen-bond donors (Lipinski definition) is 1. The molecule has 2 N–H and O–H groups in total. The summed E-state index contributed by atoms with van der Waals surface area (Å²) in [6.07, 6.45) is -3.57. The number of anilines is 1. The Hall–Kier alpha value is -0.940. The van der Waals surface area contributed by atoms with Crippen molar-refractivity contribution in [2.24, 2.45) is 5.73 Å². The molecule has 0 heterocycles. The summed E-state index contributed by atoms with van der Waals surface area (Å²) in [6.45, 7) is 1.88. The van der Waals surface area contributed by atoms with E-state index in [0.717, 1.165) is 12.0 Å². The third-order valence-electron chi connectivity index (χ3n) is 3.20. The van der Waals surface area contributed by atoms with E-state index in [0.29, 0.717) is 17.1 Å². The van der Waals surface area contributed by atoms with Crippen LogP contribution in [0.2, 0.25) is 5.02 Å². The summed E-state index contributed by atoms with van der Waals surface area (Å²) in [5.41, 5.74) is 7.56. The standard InChI is InChI=1S/C14H20ClF3N2/c1-3-12(19)8-10-4-5-11(15)9-13(10)20(2)7-6-14(16,17)18/h4-5,9,12H,3,6-8,19H2,1-2H3. The van der Waals surface area contributed by atoms with Gasteiger partial charge in [-0.25, -0.2) is 0 Å². The van der Waals surface area contributed by atoms with Crippen LogP contribution < -0.4 is 10.6 Å². The first-order valence-electron chi connectivity index (χ1n) is 6.55. The van der Waals surface area contributed by atoms with E-state index in [1.165, 1.54) is 0 Å². The molecule has 0 radical (unpaired) electrons. The molecule has 0 saturated carbocycles. The molecule has 1 aromatic carbocycles. The maximum Gasteiger partial charge on any atom is 0.390 e. The molecule has 0 aliphatic heterocycles. The maximum atomic E-state index is 12.3. The Labute approximate surface area is 122 Å². The molecule has 0 aliphatic carbocycles. The lowest BCUT2D eigenvalue weighted by atomic mass is 10.0. The highest BCUT2D eigenvalue weighted by Crippen LogP contribution is 2.27. The normalized spacial score (nSPS) is 13.3. The van der Waals surface area contributed by atoms with Gasteiger partial charge in [0.15, 0.2) is 0 Å². The number of nitrogens with zero attached hydrogens (tertiary/aromatic N) is 1. The van der Waals surface area contributed by atoms with Gasteiger partial charge >= 0.3 is 6.18 Å². The van der Waals surface area contributed by atoms with E-state index in [1.54, 1.807) is 24.1 Å². The average molecular weight is 309 g/mol. The van der Waals surface area contributed by atoms with Gasteiger partial charge in [0.1, 0.15) is 0 Å². The first-order chi connectivity index (χ1) is 9.23. The number of benzene rings is 1. The zero-order chi connectivity index (χ0) is 15.3. The minimum absolute atomic E-state index is 0.00839. The van der Waals surface area contributed by atoms with E-state index < -0.39 is 12.6 Å². The predicted molar refractivity (Wildman–Crippen MR) is 77.4 cm³/mol. The molecule has 0 aromatic heterocycles. The largest absolute Gasteiger partial charge is 0.390 e. The summed E-state index contributed by atoms with van der Waals surface area (Å²) in [4.78, 5) is 1.58. The van der Waals surface area contributed by atoms with Gasteiger partial charge in [-0.15, -0.1) is 0 Å². The van der Waals surface area contributed by atoms with Crippen molar-refractivity contribution in [3.8, 4) is 0 Å². The Morgan fingerprint density at radius 2 is 2.00 bits per heavy atom. The van der Waals surface area contributed by atoms with Crippen molar-refractivity contribution in [3.05, 3.63) is 28.8 Å². The minimum atomic E-state index is -4.16.